The van der Waals surface area contributed by atoms with Gasteiger partial charge in [0.1, 0.15) is 6.54 Å². The molecule has 0 radical (unpaired) electrons. The van der Waals surface area contributed by atoms with Gasteiger partial charge in [0.2, 0.25) is 0 Å². The summed E-state index contributed by atoms with van der Waals surface area (Å²) in [4.78, 5) is 46.8. The Labute approximate surface area is 135 Å². The molecule has 0 aliphatic heterocycles. The summed E-state index contributed by atoms with van der Waals surface area (Å²) in [5, 5.41) is 0. The predicted octanol–water partition coefficient (Wildman–Crippen LogP) is -1.29. The minimum absolute atomic E-state index is 0.0310. The van der Waals surface area contributed by atoms with Crippen LogP contribution in [-0.2, 0) is 4.53 Å². The van der Waals surface area contributed by atoms with Gasteiger partial charge in [0.25, 0.3) is 0 Å². The maximum atomic E-state index is 9.88. The Balaban J connectivity index is 4.32. The minimum Gasteiger partial charge on any atom is -0.390 e. The number of hydroxylamine groups is 3. The molecule has 0 aliphatic carbocycles. The Kier molecular flexibility index (Phi) is 8.33. The van der Waals surface area contributed by atoms with Crippen molar-refractivity contribution in [2.75, 3.05) is 47.8 Å². The number of rotatable bonds is 11. The first-order valence-electron chi connectivity index (χ1n) is 7.66. The molecule has 0 unspecified atom stereocenters. The molecule has 0 bridgehead atoms. The number of quaternary nitrogens is 2. The molecule has 0 saturated heterocycles. The molecule has 10 heteroatoms. The molecule has 0 heterocycles. The van der Waals surface area contributed by atoms with Crippen molar-refractivity contribution in [1.29, 1.82) is 0 Å². The number of nitrogens with zero attached hydrogens (tertiary/aromatic N) is 2. The standard InChI is InChI=1S/C12H34N2O6Si2/c1-6-11-22(18,19)20-14(4,5)10-9-13(2,3)8-7-12-21(15,16)17/h15-19H,6-12H2,1-5H3/q+2. The molecule has 22 heavy (non-hydrogen) atoms. The zero-order valence-corrected chi connectivity index (χ0v) is 16.5. The topological polar surface area (TPSA) is 110 Å². The quantitative estimate of drug-likeness (QED) is 0.179. The van der Waals surface area contributed by atoms with Crippen molar-refractivity contribution < 1.29 is 37.6 Å². The Morgan fingerprint density at radius 2 is 1.36 bits per heavy atom. The summed E-state index contributed by atoms with van der Waals surface area (Å²) in [6.07, 6.45) is 1.18. The molecule has 0 aromatic rings. The third-order valence-electron chi connectivity index (χ3n) is 3.49. The van der Waals surface area contributed by atoms with Crippen LogP contribution < -0.4 is 0 Å². The molecule has 0 saturated carbocycles. The van der Waals surface area contributed by atoms with Crippen LogP contribution in [0.5, 0.6) is 0 Å². The molecule has 0 spiro atoms. The summed E-state index contributed by atoms with van der Waals surface area (Å²) >= 11 is 0. The van der Waals surface area contributed by atoms with E-state index in [9.17, 15) is 9.59 Å². The van der Waals surface area contributed by atoms with Gasteiger partial charge < -0.3 is 28.5 Å². The number of hydrogen-bond donors (Lipinski definition) is 5. The van der Waals surface area contributed by atoms with Crippen LogP contribution in [0.2, 0.25) is 12.1 Å². The lowest BCUT2D eigenvalue weighted by Gasteiger charge is -2.36. The van der Waals surface area contributed by atoms with Gasteiger partial charge >= 0.3 is 17.6 Å². The lowest BCUT2D eigenvalue weighted by Crippen LogP contribution is -2.57. The van der Waals surface area contributed by atoms with Gasteiger partial charge in [-0.3, -0.25) is 0 Å². The van der Waals surface area contributed by atoms with Crippen molar-refractivity contribution in [1.82, 2.24) is 0 Å². The van der Waals surface area contributed by atoms with E-state index >= 15 is 0 Å². The monoisotopic (exact) mass is 358 g/mol. The molecule has 5 N–H and O–H groups in total. The third-order valence-corrected chi connectivity index (χ3v) is 6.45. The van der Waals surface area contributed by atoms with E-state index in [1.54, 1.807) is 14.1 Å². The van der Waals surface area contributed by atoms with Gasteiger partial charge in [-0.25, -0.2) is 0 Å². The third kappa shape index (κ3) is 11.7. The van der Waals surface area contributed by atoms with Gasteiger partial charge in [-0.2, -0.15) is 9.17 Å². The van der Waals surface area contributed by atoms with Crippen LogP contribution >= 0.6 is 0 Å². The second-order valence-electron chi connectivity index (χ2n) is 7.14. The number of hydrogen-bond acceptors (Lipinski definition) is 6. The van der Waals surface area contributed by atoms with E-state index in [1.165, 1.54) is 0 Å². The Bertz CT molecular complexity index is 334. The SMILES string of the molecule is CCC[Si](O)(O)O[N+](C)(C)CC[N+](C)(C)CCC[Si](O)(O)O. The maximum absolute atomic E-state index is 9.88. The minimum atomic E-state index is -3.96. The van der Waals surface area contributed by atoms with Crippen molar-refractivity contribution >= 4 is 17.6 Å². The van der Waals surface area contributed by atoms with Gasteiger partial charge in [-0.05, 0) is 0 Å². The first kappa shape index (κ1) is 22.1. The largest absolute Gasteiger partial charge is 0.552 e. The van der Waals surface area contributed by atoms with E-state index in [1.807, 2.05) is 21.0 Å². The predicted molar refractivity (Wildman–Crippen MR) is 87.0 cm³/mol. The highest BCUT2D eigenvalue weighted by molar-refractivity contribution is 6.57. The molecule has 0 atom stereocenters. The van der Waals surface area contributed by atoms with Gasteiger partial charge in [0.05, 0.1) is 34.7 Å². The normalized spacial score (nSPS) is 14.5. The molecule has 8 nitrogen and oxygen atoms in total. The highest BCUT2D eigenvalue weighted by Gasteiger charge is 2.41. The molecule has 0 rings (SSSR count). The fourth-order valence-electron chi connectivity index (χ4n) is 2.18. The molecule has 0 aliphatic rings. The molecule has 0 fully saturated rings. The highest BCUT2D eigenvalue weighted by atomic mass is 28.4. The van der Waals surface area contributed by atoms with Crippen molar-refractivity contribution in [2.24, 2.45) is 0 Å². The summed E-state index contributed by atoms with van der Waals surface area (Å²) in [7, 11) is 0.0149. The summed E-state index contributed by atoms with van der Waals surface area (Å²) in [6, 6.07) is 0.312. The molecule has 0 aromatic heterocycles. The van der Waals surface area contributed by atoms with Crippen LogP contribution in [-0.4, -0.2) is 98.5 Å². The summed E-state index contributed by atoms with van der Waals surface area (Å²) in [5.74, 6) is 0. The zero-order chi connectivity index (χ0) is 17.7. The maximum Gasteiger partial charge on any atom is 0.552 e. The summed E-state index contributed by atoms with van der Waals surface area (Å²) in [6.45, 7) is 3.88. The first-order chi connectivity index (χ1) is 9.68. The van der Waals surface area contributed by atoms with Crippen LogP contribution in [0.4, 0.5) is 0 Å². The van der Waals surface area contributed by atoms with Crippen molar-refractivity contribution in [3.8, 4) is 0 Å². The van der Waals surface area contributed by atoms with Gasteiger partial charge in [0.15, 0.2) is 6.54 Å². The van der Waals surface area contributed by atoms with Crippen molar-refractivity contribution in [2.45, 2.75) is 31.9 Å². The Morgan fingerprint density at radius 1 is 0.818 bits per heavy atom. The van der Waals surface area contributed by atoms with Crippen LogP contribution in [0.3, 0.4) is 0 Å². The van der Waals surface area contributed by atoms with Crippen molar-refractivity contribution in [3.63, 3.8) is 0 Å². The lowest BCUT2D eigenvalue weighted by molar-refractivity contribution is -1.07. The van der Waals surface area contributed by atoms with E-state index in [0.29, 0.717) is 30.4 Å². The average Bonchev–Trinajstić information content (AvgIpc) is 2.23. The average molecular weight is 359 g/mol. The van der Waals surface area contributed by atoms with E-state index in [2.05, 4.69) is 0 Å². The fourth-order valence-corrected chi connectivity index (χ4v) is 4.44. The first-order valence-corrected chi connectivity index (χ1v) is 11.7. The van der Waals surface area contributed by atoms with Crippen LogP contribution in [0.1, 0.15) is 19.8 Å². The van der Waals surface area contributed by atoms with Gasteiger partial charge in [-0.15, -0.1) is 0 Å². The van der Waals surface area contributed by atoms with Crippen molar-refractivity contribution in [3.05, 3.63) is 0 Å². The summed E-state index contributed by atoms with van der Waals surface area (Å²) < 4.78 is 6.17. The van der Waals surface area contributed by atoms with Gasteiger partial charge in [0, 0.05) is 18.5 Å². The van der Waals surface area contributed by atoms with Gasteiger partial charge in [-0.1, -0.05) is 13.3 Å². The van der Waals surface area contributed by atoms with Crippen LogP contribution in [0.25, 0.3) is 0 Å². The second kappa shape index (κ2) is 8.28. The summed E-state index contributed by atoms with van der Waals surface area (Å²) in [5.41, 5.74) is 0. The molecule has 134 valence electrons. The second-order valence-corrected chi connectivity index (χ2v) is 11.4. The fraction of sp³-hybridized carbons (Fsp3) is 1.00. The van der Waals surface area contributed by atoms with E-state index in [-0.39, 0.29) is 16.7 Å². The molecular formula is C12H34N2O6Si2+2. The zero-order valence-electron chi connectivity index (χ0n) is 14.5. The lowest BCUT2D eigenvalue weighted by atomic mass is 10.3. The number of likely N-dealkylation sites (N-methyl/N-ethyl adjacent to an activating group) is 2. The molecule has 0 amide bonds. The highest BCUT2D eigenvalue weighted by Crippen LogP contribution is 2.14. The van der Waals surface area contributed by atoms with E-state index < -0.39 is 17.6 Å². The Hall–Kier alpha value is 0.114. The van der Waals surface area contributed by atoms with Crippen LogP contribution in [0.15, 0.2) is 0 Å². The Morgan fingerprint density at radius 3 is 1.82 bits per heavy atom. The van der Waals surface area contributed by atoms with Crippen LogP contribution in [0, 0.1) is 0 Å². The molecule has 0 aromatic carbocycles. The van der Waals surface area contributed by atoms with E-state index in [4.69, 9.17) is 18.9 Å². The smallest absolute Gasteiger partial charge is 0.390 e. The molecular weight excluding hydrogens is 324 g/mol. The van der Waals surface area contributed by atoms with E-state index in [0.717, 1.165) is 6.54 Å².